The van der Waals surface area contributed by atoms with Gasteiger partial charge in [-0.15, -0.1) is 0 Å². The van der Waals surface area contributed by atoms with Gasteiger partial charge in [-0.2, -0.15) is 0 Å². The van der Waals surface area contributed by atoms with E-state index >= 15 is 0 Å². The molecular weight excluding hydrogens is 733 g/mol. The maximum Gasteiger partial charge on any atom is 0.306 e. The summed E-state index contributed by atoms with van der Waals surface area (Å²) in [6.45, 7) is 11.3. The average molecular weight is 835 g/mol. The van der Waals surface area contributed by atoms with Crippen LogP contribution in [0, 0.1) is 11.8 Å². The maximum atomic E-state index is 12.7. The normalized spacial score (nSPS) is 12.1. The van der Waals surface area contributed by atoms with E-state index < -0.39 is 6.10 Å². The first-order chi connectivity index (χ1) is 28.7. The van der Waals surface area contributed by atoms with Crippen LogP contribution >= 0.6 is 0 Å². The van der Waals surface area contributed by atoms with Crippen molar-refractivity contribution in [2.24, 2.45) is 11.8 Å². The molecular formula is C53H102O6. The summed E-state index contributed by atoms with van der Waals surface area (Å²) < 4.78 is 16.8. The van der Waals surface area contributed by atoms with Gasteiger partial charge >= 0.3 is 17.9 Å². The van der Waals surface area contributed by atoms with Crippen LogP contribution in [0.1, 0.15) is 291 Å². The first-order valence-corrected chi connectivity index (χ1v) is 26.2. The fourth-order valence-corrected chi connectivity index (χ4v) is 7.99. The van der Waals surface area contributed by atoms with Crippen molar-refractivity contribution in [2.75, 3.05) is 13.2 Å². The summed E-state index contributed by atoms with van der Waals surface area (Å²) >= 11 is 0. The van der Waals surface area contributed by atoms with Gasteiger partial charge in [0.15, 0.2) is 6.10 Å². The van der Waals surface area contributed by atoms with Crippen LogP contribution in [0.5, 0.6) is 0 Å². The van der Waals surface area contributed by atoms with Gasteiger partial charge in [-0.3, -0.25) is 14.4 Å². The van der Waals surface area contributed by atoms with Crippen LogP contribution in [0.25, 0.3) is 0 Å². The maximum absolute atomic E-state index is 12.7. The van der Waals surface area contributed by atoms with Gasteiger partial charge in [-0.25, -0.2) is 0 Å². The van der Waals surface area contributed by atoms with Gasteiger partial charge in [0, 0.05) is 19.3 Å². The summed E-state index contributed by atoms with van der Waals surface area (Å²) in [5, 5.41) is 0. The summed E-state index contributed by atoms with van der Waals surface area (Å²) in [7, 11) is 0. The van der Waals surface area contributed by atoms with E-state index in [0.717, 1.165) is 69.6 Å². The summed E-state index contributed by atoms with van der Waals surface area (Å²) in [4.78, 5) is 37.8. The van der Waals surface area contributed by atoms with E-state index in [1.807, 2.05) is 0 Å². The number of hydrogen-bond donors (Lipinski definition) is 0. The van der Waals surface area contributed by atoms with Crippen LogP contribution in [0.2, 0.25) is 0 Å². The third-order valence-corrected chi connectivity index (χ3v) is 12.0. The predicted octanol–water partition coefficient (Wildman–Crippen LogP) is 16.9. The van der Waals surface area contributed by atoms with E-state index in [1.54, 1.807) is 0 Å². The van der Waals surface area contributed by atoms with Gasteiger partial charge in [-0.05, 0) is 31.1 Å². The molecule has 350 valence electrons. The molecule has 0 aromatic heterocycles. The van der Waals surface area contributed by atoms with Crippen LogP contribution in [-0.4, -0.2) is 37.2 Å². The molecule has 0 aliphatic heterocycles. The monoisotopic (exact) mass is 835 g/mol. The topological polar surface area (TPSA) is 78.9 Å². The quantitative estimate of drug-likeness (QED) is 0.0345. The average Bonchev–Trinajstić information content (AvgIpc) is 3.20. The third kappa shape index (κ3) is 47.3. The van der Waals surface area contributed by atoms with Gasteiger partial charge in [0.25, 0.3) is 0 Å². The Balaban J connectivity index is 4.15. The molecule has 0 fully saturated rings. The second-order valence-corrected chi connectivity index (χ2v) is 19.1. The Morgan fingerprint density at radius 2 is 0.559 bits per heavy atom. The van der Waals surface area contributed by atoms with Crippen molar-refractivity contribution in [1.29, 1.82) is 0 Å². The minimum absolute atomic E-state index is 0.0640. The standard InChI is InChI=1S/C53H102O6/c1-6-7-8-9-10-21-30-35-40-45-53(56)59-50(47-58-52(55)44-39-34-29-25-24-27-32-37-42-49(4)5)46-57-51(54)43-38-33-28-23-20-18-16-14-12-11-13-15-17-19-22-26-31-36-41-48(2)3/h48-50H,6-47H2,1-5H3/t50-/m0/s1. The number of hydrogen-bond acceptors (Lipinski definition) is 6. The second kappa shape index (κ2) is 45.9. The Kier molecular flexibility index (Phi) is 44.7. The van der Waals surface area contributed by atoms with Crippen LogP contribution < -0.4 is 0 Å². The molecule has 0 amide bonds. The molecule has 0 N–H and O–H groups in total. The molecule has 0 radical (unpaired) electrons. The molecule has 0 bridgehead atoms. The Labute approximate surface area is 368 Å². The van der Waals surface area contributed by atoms with Gasteiger partial charge in [-0.1, -0.05) is 253 Å². The number of esters is 3. The number of carbonyl (C=O) groups excluding carboxylic acids is 3. The van der Waals surface area contributed by atoms with Crippen LogP contribution in [0.3, 0.4) is 0 Å². The van der Waals surface area contributed by atoms with Gasteiger partial charge in [0.05, 0.1) is 0 Å². The predicted molar refractivity (Wildman–Crippen MR) is 252 cm³/mol. The first kappa shape index (κ1) is 57.4. The van der Waals surface area contributed by atoms with Crippen molar-refractivity contribution >= 4 is 17.9 Å². The summed E-state index contributed by atoms with van der Waals surface area (Å²) in [5.41, 5.74) is 0. The first-order valence-electron chi connectivity index (χ1n) is 26.2. The number of ether oxygens (including phenoxy) is 3. The molecule has 1 atom stereocenters. The smallest absolute Gasteiger partial charge is 0.306 e. The van der Waals surface area contributed by atoms with E-state index in [9.17, 15) is 14.4 Å². The van der Waals surface area contributed by atoms with Crippen molar-refractivity contribution in [3.05, 3.63) is 0 Å². The van der Waals surface area contributed by atoms with E-state index in [-0.39, 0.29) is 31.1 Å². The molecule has 0 aromatic carbocycles. The zero-order valence-electron chi connectivity index (χ0n) is 40.4. The third-order valence-electron chi connectivity index (χ3n) is 12.0. The van der Waals surface area contributed by atoms with Crippen molar-refractivity contribution in [2.45, 2.75) is 298 Å². The van der Waals surface area contributed by atoms with Crippen molar-refractivity contribution in [3.8, 4) is 0 Å². The van der Waals surface area contributed by atoms with E-state index in [4.69, 9.17) is 14.2 Å². The summed E-state index contributed by atoms with van der Waals surface area (Å²) in [6, 6.07) is 0. The highest BCUT2D eigenvalue weighted by Crippen LogP contribution is 2.17. The molecule has 0 rings (SSSR count). The molecule has 0 heterocycles. The minimum atomic E-state index is -0.760. The molecule has 0 aliphatic carbocycles. The van der Waals surface area contributed by atoms with Gasteiger partial charge in [0.1, 0.15) is 13.2 Å². The molecule has 0 saturated heterocycles. The largest absolute Gasteiger partial charge is 0.462 e. The SMILES string of the molecule is CCCCCCCCCCCC(=O)O[C@@H](COC(=O)CCCCCCCCCCCCCCCCCCCCC(C)C)COC(=O)CCCCCCCCCCC(C)C. The minimum Gasteiger partial charge on any atom is -0.462 e. The Morgan fingerprint density at radius 3 is 0.831 bits per heavy atom. The van der Waals surface area contributed by atoms with E-state index in [1.165, 1.54) is 180 Å². The van der Waals surface area contributed by atoms with Crippen LogP contribution in [0.15, 0.2) is 0 Å². The number of rotatable bonds is 47. The molecule has 0 aromatic rings. The lowest BCUT2D eigenvalue weighted by molar-refractivity contribution is -0.167. The molecule has 0 spiro atoms. The van der Waals surface area contributed by atoms with Gasteiger partial charge < -0.3 is 14.2 Å². The zero-order valence-corrected chi connectivity index (χ0v) is 40.4. The fourth-order valence-electron chi connectivity index (χ4n) is 7.99. The second-order valence-electron chi connectivity index (χ2n) is 19.1. The number of carbonyl (C=O) groups is 3. The highest BCUT2D eigenvalue weighted by Gasteiger charge is 2.19. The highest BCUT2D eigenvalue weighted by molar-refractivity contribution is 5.71. The lowest BCUT2D eigenvalue weighted by Gasteiger charge is -2.18. The fraction of sp³-hybridized carbons (Fsp3) is 0.943. The Bertz CT molecular complexity index is 900. The van der Waals surface area contributed by atoms with Gasteiger partial charge in [0.2, 0.25) is 0 Å². The zero-order chi connectivity index (χ0) is 43.3. The number of unbranched alkanes of at least 4 members (excludes halogenated alkanes) is 32. The van der Waals surface area contributed by atoms with Crippen molar-refractivity contribution < 1.29 is 28.6 Å². The Morgan fingerprint density at radius 1 is 0.322 bits per heavy atom. The van der Waals surface area contributed by atoms with E-state index in [0.29, 0.717) is 19.3 Å². The summed E-state index contributed by atoms with van der Waals surface area (Å²) in [5.74, 6) is 0.803. The lowest BCUT2D eigenvalue weighted by Crippen LogP contribution is -2.30. The highest BCUT2D eigenvalue weighted by atomic mass is 16.6. The van der Waals surface area contributed by atoms with Crippen molar-refractivity contribution in [1.82, 2.24) is 0 Å². The van der Waals surface area contributed by atoms with E-state index in [2.05, 4.69) is 34.6 Å². The Hall–Kier alpha value is -1.59. The molecule has 6 heteroatoms. The molecule has 0 saturated carbocycles. The van der Waals surface area contributed by atoms with Crippen LogP contribution in [0.4, 0.5) is 0 Å². The molecule has 59 heavy (non-hydrogen) atoms. The van der Waals surface area contributed by atoms with Crippen LogP contribution in [-0.2, 0) is 28.6 Å². The lowest BCUT2D eigenvalue weighted by atomic mass is 10.0. The van der Waals surface area contributed by atoms with Crippen molar-refractivity contribution in [3.63, 3.8) is 0 Å². The molecule has 6 nitrogen and oxygen atoms in total. The summed E-state index contributed by atoms with van der Waals surface area (Å²) in [6.07, 6.45) is 46.8. The molecule has 0 aliphatic rings. The molecule has 0 unspecified atom stereocenters.